The predicted octanol–water partition coefficient (Wildman–Crippen LogP) is 2.67. The molecule has 1 saturated carbocycles. The molecule has 0 aliphatic heterocycles. The highest BCUT2D eigenvalue weighted by atomic mass is 19.4. The van der Waals surface area contributed by atoms with Crippen molar-refractivity contribution < 1.29 is 27.8 Å². The van der Waals surface area contributed by atoms with E-state index in [2.05, 4.69) is 10.6 Å². The highest BCUT2D eigenvalue weighted by Gasteiger charge is 2.34. The second-order valence-corrected chi connectivity index (χ2v) is 5.84. The van der Waals surface area contributed by atoms with Crippen LogP contribution in [-0.4, -0.2) is 30.9 Å². The maximum Gasteiger partial charge on any atom is 0.416 e. The fourth-order valence-electron chi connectivity index (χ4n) is 2.82. The van der Waals surface area contributed by atoms with Gasteiger partial charge in [-0.05, 0) is 30.5 Å². The van der Waals surface area contributed by atoms with E-state index < -0.39 is 23.9 Å². The first-order chi connectivity index (χ1) is 11.3. The zero-order valence-corrected chi connectivity index (χ0v) is 13.3. The molecule has 1 aliphatic rings. The summed E-state index contributed by atoms with van der Waals surface area (Å²) in [5, 5.41) is 14.7. The first-order valence-corrected chi connectivity index (χ1v) is 7.75. The summed E-state index contributed by atoms with van der Waals surface area (Å²) in [5.74, 6) is 0.105. The van der Waals surface area contributed by atoms with Crippen molar-refractivity contribution in [2.75, 3.05) is 13.7 Å². The molecule has 1 fully saturated rings. The van der Waals surface area contributed by atoms with E-state index in [1.54, 1.807) is 0 Å². The first-order valence-electron chi connectivity index (χ1n) is 7.75. The van der Waals surface area contributed by atoms with Crippen molar-refractivity contribution >= 4 is 6.03 Å². The van der Waals surface area contributed by atoms with Crippen molar-refractivity contribution in [2.24, 2.45) is 5.92 Å². The maximum absolute atomic E-state index is 13.1. The number of benzene rings is 1. The van der Waals surface area contributed by atoms with Crippen molar-refractivity contribution in [3.63, 3.8) is 0 Å². The normalized spacial score (nSPS) is 20.7. The summed E-state index contributed by atoms with van der Waals surface area (Å²) >= 11 is 0. The van der Waals surface area contributed by atoms with Gasteiger partial charge in [0.15, 0.2) is 0 Å². The number of halogens is 3. The van der Waals surface area contributed by atoms with Gasteiger partial charge in [0, 0.05) is 19.0 Å². The molecule has 24 heavy (non-hydrogen) atoms. The number of ether oxygens (including phenoxy) is 1. The van der Waals surface area contributed by atoms with Crippen molar-refractivity contribution in [3.8, 4) is 5.75 Å². The number of nitrogens with one attached hydrogen (secondary N) is 2. The van der Waals surface area contributed by atoms with Crippen LogP contribution in [0.15, 0.2) is 18.2 Å². The second-order valence-electron chi connectivity index (χ2n) is 5.84. The lowest BCUT2D eigenvalue weighted by Crippen LogP contribution is -2.39. The minimum atomic E-state index is -4.53. The van der Waals surface area contributed by atoms with Gasteiger partial charge >= 0.3 is 12.2 Å². The first kappa shape index (κ1) is 18.4. The van der Waals surface area contributed by atoms with Crippen LogP contribution in [0, 0.1) is 5.92 Å². The number of methoxy groups -OCH3 is 1. The average molecular weight is 346 g/mol. The van der Waals surface area contributed by atoms with E-state index in [0.717, 1.165) is 25.3 Å². The third-order valence-corrected chi connectivity index (χ3v) is 4.21. The van der Waals surface area contributed by atoms with E-state index >= 15 is 0 Å². The van der Waals surface area contributed by atoms with Gasteiger partial charge in [0.1, 0.15) is 5.75 Å². The summed E-state index contributed by atoms with van der Waals surface area (Å²) in [7, 11) is 1.29. The molecule has 1 aliphatic carbocycles. The molecule has 0 aromatic heterocycles. The Balaban J connectivity index is 1.92. The molecule has 3 N–H and O–H groups in total. The minimum absolute atomic E-state index is 0.00229. The monoisotopic (exact) mass is 346 g/mol. The SMILES string of the molecule is COc1ccc(CNC(=O)NC[C@H]2CCC[C@@H]2O)c(C(F)(F)F)c1. The van der Waals surface area contributed by atoms with Gasteiger partial charge in [0.05, 0.1) is 18.8 Å². The van der Waals surface area contributed by atoms with Crippen molar-refractivity contribution in [1.82, 2.24) is 10.6 Å². The number of urea groups is 1. The van der Waals surface area contributed by atoms with Crippen molar-refractivity contribution in [1.29, 1.82) is 0 Å². The Hall–Kier alpha value is -1.96. The molecule has 5 nitrogen and oxygen atoms in total. The number of aliphatic hydroxyl groups excluding tert-OH is 1. The molecule has 0 unspecified atom stereocenters. The second kappa shape index (κ2) is 7.74. The molecule has 0 radical (unpaired) electrons. The standard InChI is InChI=1S/C16H21F3N2O3/c1-24-12-6-5-10(13(7-12)16(17,18)19)8-20-15(23)21-9-11-3-2-4-14(11)22/h5-7,11,14,22H,2-4,8-9H2,1H3,(H2,20,21,23)/t11-,14+/m1/s1. The lowest BCUT2D eigenvalue weighted by molar-refractivity contribution is -0.138. The number of carbonyl (C=O) groups excluding carboxylic acids is 1. The van der Waals surface area contributed by atoms with Crippen LogP contribution in [0.2, 0.25) is 0 Å². The number of rotatable bonds is 5. The lowest BCUT2D eigenvalue weighted by atomic mass is 10.1. The van der Waals surface area contributed by atoms with Gasteiger partial charge in [-0.25, -0.2) is 4.79 Å². The summed E-state index contributed by atoms with van der Waals surface area (Å²) in [6.45, 7) is 0.0552. The van der Waals surface area contributed by atoms with Crippen molar-refractivity contribution in [3.05, 3.63) is 29.3 Å². The van der Waals surface area contributed by atoms with Gasteiger partial charge in [-0.1, -0.05) is 12.5 Å². The number of hydrogen-bond acceptors (Lipinski definition) is 3. The number of hydrogen-bond donors (Lipinski definition) is 3. The number of carbonyl (C=O) groups is 1. The fraction of sp³-hybridized carbons (Fsp3) is 0.562. The largest absolute Gasteiger partial charge is 0.497 e. The molecule has 0 heterocycles. The van der Waals surface area contributed by atoms with Crippen LogP contribution in [0.1, 0.15) is 30.4 Å². The zero-order chi connectivity index (χ0) is 17.7. The number of alkyl halides is 3. The summed E-state index contributed by atoms with van der Waals surface area (Å²) in [6, 6.07) is 3.05. The highest BCUT2D eigenvalue weighted by molar-refractivity contribution is 5.73. The Bertz CT molecular complexity index is 578. The average Bonchev–Trinajstić information content (AvgIpc) is 2.95. The lowest BCUT2D eigenvalue weighted by Gasteiger charge is -2.17. The van der Waals surface area contributed by atoms with E-state index in [1.165, 1.54) is 19.2 Å². The molecule has 2 atom stereocenters. The van der Waals surface area contributed by atoms with Gasteiger partial charge < -0.3 is 20.5 Å². The Morgan fingerprint density at radius 2 is 2.08 bits per heavy atom. The van der Waals surface area contributed by atoms with E-state index in [1.807, 2.05) is 0 Å². The quantitative estimate of drug-likeness (QED) is 0.768. The van der Waals surface area contributed by atoms with Crippen LogP contribution in [-0.2, 0) is 12.7 Å². The number of aliphatic hydroxyl groups is 1. The minimum Gasteiger partial charge on any atom is -0.497 e. The van der Waals surface area contributed by atoms with Gasteiger partial charge in [0.25, 0.3) is 0 Å². The summed E-state index contributed by atoms with van der Waals surface area (Å²) in [5.41, 5.74) is -0.882. The van der Waals surface area contributed by atoms with Crippen LogP contribution >= 0.6 is 0 Å². The molecule has 1 aromatic rings. The molecule has 0 spiro atoms. The van der Waals surface area contributed by atoms with Crippen molar-refractivity contribution in [2.45, 2.75) is 38.1 Å². The maximum atomic E-state index is 13.1. The fourth-order valence-corrected chi connectivity index (χ4v) is 2.82. The summed E-state index contributed by atoms with van der Waals surface area (Å²) < 4.78 is 44.0. The van der Waals surface area contributed by atoms with E-state index in [9.17, 15) is 23.1 Å². The van der Waals surface area contributed by atoms with E-state index in [0.29, 0.717) is 6.54 Å². The molecular formula is C16H21F3N2O3. The van der Waals surface area contributed by atoms with Crippen LogP contribution in [0.4, 0.5) is 18.0 Å². The van der Waals surface area contributed by atoms with E-state index in [-0.39, 0.29) is 23.8 Å². The van der Waals surface area contributed by atoms with Gasteiger partial charge in [-0.3, -0.25) is 0 Å². The molecule has 1 aromatic carbocycles. The Morgan fingerprint density at radius 1 is 1.33 bits per heavy atom. The molecule has 8 heteroatoms. The van der Waals surface area contributed by atoms with Gasteiger partial charge in [-0.15, -0.1) is 0 Å². The Labute approximate surface area is 138 Å². The predicted molar refractivity (Wildman–Crippen MR) is 81.6 cm³/mol. The van der Waals surface area contributed by atoms with Crippen LogP contribution in [0.25, 0.3) is 0 Å². The smallest absolute Gasteiger partial charge is 0.416 e. The molecule has 0 saturated heterocycles. The molecule has 0 bridgehead atoms. The van der Waals surface area contributed by atoms with Crippen LogP contribution in [0.3, 0.4) is 0 Å². The van der Waals surface area contributed by atoms with Crippen LogP contribution in [0.5, 0.6) is 5.75 Å². The summed E-state index contributed by atoms with van der Waals surface area (Å²) in [4.78, 5) is 11.8. The molecule has 134 valence electrons. The van der Waals surface area contributed by atoms with E-state index in [4.69, 9.17) is 4.74 Å². The third kappa shape index (κ3) is 4.77. The number of amides is 2. The van der Waals surface area contributed by atoms with Gasteiger partial charge in [-0.2, -0.15) is 13.2 Å². The van der Waals surface area contributed by atoms with Crippen LogP contribution < -0.4 is 15.4 Å². The summed E-state index contributed by atoms with van der Waals surface area (Å²) in [6.07, 6.45) is -2.50. The zero-order valence-electron chi connectivity index (χ0n) is 13.3. The Morgan fingerprint density at radius 3 is 2.67 bits per heavy atom. The topological polar surface area (TPSA) is 70.6 Å². The molecular weight excluding hydrogens is 325 g/mol. The molecule has 2 rings (SSSR count). The highest BCUT2D eigenvalue weighted by Crippen LogP contribution is 2.34. The molecule has 2 amide bonds. The third-order valence-electron chi connectivity index (χ3n) is 4.21. The Kier molecular flexibility index (Phi) is 5.93. The van der Waals surface area contributed by atoms with Gasteiger partial charge in [0.2, 0.25) is 0 Å².